The molecule has 0 atom stereocenters. The van der Waals surface area contributed by atoms with Crippen LogP contribution in [-0.4, -0.2) is 13.6 Å². The largest absolute Gasteiger partial charge is 0.458 e. The Kier molecular flexibility index (Phi) is 5.91. The predicted molar refractivity (Wildman–Crippen MR) is 198 cm³/mol. The molecule has 5 aromatic carbocycles. The lowest BCUT2D eigenvalue weighted by Crippen LogP contribution is -2.68. The lowest BCUT2D eigenvalue weighted by atomic mass is 9.31. The first kappa shape index (κ1) is 28.1. The number of hydrogen-bond acceptors (Lipinski definition) is 2. The van der Waals surface area contributed by atoms with Crippen LogP contribution in [0.4, 0.5) is 11.4 Å². The standard InChI is InChI=1S/C42H41B2NO/c1-22(2)26-9-12-30-32-14-16-39-40-42(32)45-41-33(31-13-10-27(23(3)4)19-35(31)44(45)34(30)18-26)17-29(25(7)8)21-37(41)43(40)36-20-28(24(5)6)11-15-38(36)46-39/h9-25H,1-8H3. The van der Waals surface area contributed by atoms with E-state index in [4.69, 9.17) is 4.74 Å². The Morgan fingerprint density at radius 3 is 1.57 bits per heavy atom. The second-order valence-corrected chi connectivity index (χ2v) is 15.3. The number of fused-ring (bicyclic) bond motifs is 9. The van der Waals surface area contributed by atoms with Gasteiger partial charge < -0.3 is 9.55 Å². The molecule has 0 radical (unpaired) electrons. The number of hydrogen-bond donors (Lipinski definition) is 0. The normalized spacial score (nSPS) is 14.5. The average molecular weight is 597 g/mol. The molecule has 0 aromatic heterocycles. The molecule has 2 nitrogen and oxygen atoms in total. The first-order valence-corrected chi connectivity index (χ1v) is 17.4. The molecule has 0 saturated heterocycles. The van der Waals surface area contributed by atoms with Crippen molar-refractivity contribution in [3.8, 4) is 33.8 Å². The fourth-order valence-electron chi connectivity index (χ4n) is 8.62. The molecule has 4 aliphatic rings. The summed E-state index contributed by atoms with van der Waals surface area (Å²) in [5.74, 6) is 3.77. The zero-order chi connectivity index (χ0) is 31.8. The molecule has 0 N–H and O–H groups in total. The van der Waals surface area contributed by atoms with E-state index in [0.717, 1.165) is 11.5 Å². The lowest BCUT2D eigenvalue weighted by molar-refractivity contribution is 0.487. The first-order valence-electron chi connectivity index (χ1n) is 17.4. The Hall–Kier alpha value is -4.17. The summed E-state index contributed by atoms with van der Waals surface area (Å²) >= 11 is 0. The molecule has 5 aromatic rings. The molecule has 9 rings (SSSR count). The highest BCUT2D eigenvalue weighted by atomic mass is 16.5. The van der Waals surface area contributed by atoms with E-state index in [-0.39, 0.29) is 13.6 Å². The van der Waals surface area contributed by atoms with Crippen molar-refractivity contribution in [2.24, 2.45) is 0 Å². The van der Waals surface area contributed by atoms with Crippen LogP contribution >= 0.6 is 0 Å². The molecular weight excluding hydrogens is 556 g/mol. The summed E-state index contributed by atoms with van der Waals surface area (Å²) < 4.78 is 6.84. The maximum absolute atomic E-state index is 6.84. The van der Waals surface area contributed by atoms with Crippen LogP contribution in [0.2, 0.25) is 0 Å². The Bertz CT molecular complexity index is 2120. The van der Waals surface area contributed by atoms with Gasteiger partial charge >= 0.3 is 6.85 Å². The highest BCUT2D eigenvalue weighted by Crippen LogP contribution is 2.50. The van der Waals surface area contributed by atoms with Crippen LogP contribution in [0.1, 0.15) is 101 Å². The summed E-state index contributed by atoms with van der Waals surface area (Å²) in [7, 11) is 0. The van der Waals surface area contributed by atoms with E-state index >= 15 is 0 Å². The van der Waals surface area contributed by atoms with Gasteiger partial charge in [-0.3, -0.25) is 0 Å². The summed E-state index contributed by atoms with van der Waals surface area (Å²) in [5, 5.41) is 0. The van der Waals surface area contributed by atoms with E-state index in [1.54, 1.807) is 0 Å². The monoisotopic (exact) mass is 597 g/mol. The molecule has 0 amide bonds. The number of nitrogens with zero attached hydrogens (tertiary/aromatic N) is 1. The van der Waals surface area contributed by atoms with Crippen LogP contribution in [0.5, 0.6) is 11.5 Å². The van der Waals surface area contributed by atoms with Crippen molar-refractivity contribution < 1.29 is 4.74 Å². The van der Waals surface area contributed by atoms with Crippen molar-refractivity contribution >= 4 is 52.2 Å². The van der Waals surface area contributed by atoms with E-state index in [2.05, 4.69) is 139 Å². The number of anilines is 2. The minimum Gasteiger partial charge on any atom is -0.458 e. The zero-order valence-electron chi connectivity index (χ0n) is 28.3. The minimum atomic E-state index is 0.0990. The average Bonchev–Trinajstić information content (AvgIpc) is 3.05. The Labute approximate surface area is 275 Å². The molecule has 4 heterocycles. The van der Waals surface area contributed by atoms with E-state index in [1.165, 1.54) is 83.2 Å². The third-order valence-corrected chi connectivity index (χ3v) is 11.2. The van der Waals surface area contributed by atoms with Gasteiger partial charge in [0, 0.05) is 22.5 Å². The van der Waals surface area contributed by atoms with Crippen molar-refractivity contribution in [2.75, 3.05) is 4.81 Å². The van der Waals surface area contributed by atoms with E-state index in [0.29, 0.717) is 23.7 Å². The third kappa shape index (κ3) is 3.68. The van der Waals surface area contributed by atoms with Crippen LogP contribution < -0.4 is 36.9 Å². The van der Waals surface area contributed by atoms with Gasteiger partial charge in [-0.1, -0.05) is 110 Å². The quantitative estimate of drug-likeness (QED) is 0.191. The highest BCUT2D eigenvalue weighted by molar-refractivity contribution is 7.02. The van der Waals surface area contributed by atoms with Gasteiger partial charge in [0.25, 0.3) is 6.71 Å². The van der Waals surface area contributed by atoms with Gasteiger partial charge in [0.05, 0.1) is 0 Å². The van der Waals surface area contributed by atoms with Crippen molar-refractivity contribution in [3.63, 3.8) is 0 Å². The van der Waals surface area contributed by atoms with Crippen molar-refractivity contribution in [1.29, 1.82) is 0 Å². The van der Waals surface area contributed by atoms with Crippen molar-refractivity contribution in [3.05, 3.63) is 101 Å². The smallest absolute Gasteiger partial charge is 0.329 e. The van der Waals surface area contributed by atoms with Gasteiger partial charge in [0.15, 0.2) is 0 Å². The topological polar surface area (TPSA) is 12.5 Å². The van der Waals surface area contributed by atoms with Crippen LogP contribution in [-0.2, 0) is 0 Å². The maximum atomic E-state index is 6.84. The zero-order valence-corrected chi connectivity index (χ0v) is 28.3. The molecule has 0 bridgehead atoms. The number of benzene rings is 5. The molecule has 226 valence electrons. The van der Waals surface area contributed by atoms with Crippen LogP contribution in [0.15, 0.2) is 78.9 Å². The molecule has 0 saturated carbocycles. The Balaban J connectivity index is 1.46. The summed E-state index contributed by atoms with van der Waals surface area (Å²) in [5.41, 5.74) is 20.6. The number of ether oxygens (including phenoxy) is 1. The second-order valence-electron chi connectivity index (χ2n) is 15.3. The van der Waals surface area contributed by atoms with E-state index in [1.807, 2.05) is 0 Å². The first-order chi connectivity index (χ1) is 22.1. The molecule has 0 fully saturated rings. The predicted octanol–water partition coefficient (Wildman–Crippen LogP) is 8.02. The van der Waals surface area contributed by atoms with Crippen molar-refractivity contribution in [2.45, 2.75) is 79.1 Å². The van der Waals surface area contributed by atoms with Gasteiger partial charge in [0.2, 0.25) is 0 Å². The molecule has 0 aliphatic carbocycles. The van der Waals surface area contributed by atoms with Gasteiger partial charge in [0.1, 0.15) is 11.5 Å². The maximum Gasteiger partial charge on any atom is 0.329 e. The van der Waals surface area contributed by atoms with Gasteiger partial charge in [-0.2, -0.15) is 0 Å². The highest BCUT2D eigenvalue weighted by Gasteiger charge is 2.51. The fraction of sp³-hybridized carbons (Fsp3) is 0.286. The molecule has 0 spiro atoms. The molecular formula is C42H41B2NO. The molecule has 46 heavy (non-hydrogen) atoms. The molecule has 4 heteroatoms. The molecule has 4 aliphatic heterocycles. The van der Waals surface area contributed by atoms with Gasteiger partial charge in [-0.25, -0.2) is 0 Å². The van der Waals surface area contributed by atoms with Crippen LogP contribution in [0.25, 0.3) is 22.3 Å². The van der Waals surface area contributed by atoms with E-state index in [9.17, 15) is 0 Å². The van der Waals surface area contributed by atoms with Crippen LogP contribution in [0.3, 0.4) is 0 Å². The SMILES string of the molecule is CC(C)c1ccc2c(c1)B1c3cc(C(C)C)cc4c3N3B(c5cc(C(C)C)ccc5-4)c4cc(C(C)C)ccc4-c4ccc(c1c43)O2. The van der Waals surface area contributed by atoms with Gasteiger partial charge in [-0.05, 0) is 109 Å². The summed E-state index contributed by atoms with van der Waals surface area (Å²) in [6.07, 6.45) is 0. The fourth-order valence-corrected chi connectivity index (χ4v) is 8.62. The Morgan fingerprint density at radius 1 is 0.457 bits per heavy atom. The number of rotatable bonds is 4. The lowest BCUT2D eigenvalue weighted by Gasteiger charge is -2.50. The van der Waals surface area contributed by atoms with E-state index < -0.39 is 0 Å². The summed E-state index contributed by atoms with van der Waals surface area (Å²) in [6, 6.07) is 31.1. The van der Waals surface area contributed by atoms with Crippen molar-refractivity contribution in [1.82, 2.24) is 0 Å². The van der Waals surface area contributed by atoms with Gasteiger partial charge in [-0.15, -0.1) is 0 Å². The summed E-state index contributed by atoms with van der Waals surface area (Å²) in [6.45, 7) is 18.7. The molecule has 0 unspecified atom stereocenters. The summed E-state index contributed by atoms with van der Waals surface area (Å²) in [4.78, 5) is 2.74. The second kappa shape index (κ2) is 9.67. The third-order valence-electron chi connectivity index (χ3n) is 11.2. The minimum absolute atomic E-state index is 0.0990. The Morgan fingerprint density at radius 2 is 0.957 bits per heavy atom. The van der Waals surface area contributed by atoms with Crippen LogP contribution in [0, 0.1) is 0 Å².